The highest BCUT2D eigenvalue weighted by atomic mass is 32.1. The molecule has 3 heteroatoms. The zero-order valence-corrected chi connectivity index (χ0v) is 10.9. The molecular weight excluding hydrogens is 254 g/mol. The fourth-order valence-electron chi connectivity index (χ4n) is 1.84. The molecule has 0 aliphatic rings. The van der Waals surface area contributed by atoms with Gasteiger partial charge in [-0.15, -0.1) is 11.3 Å². The molecule has 0 saturated heterocycles. The molecule has 0 saturated carbocycles. The van der Waals surface area contributed by atoms with Gasteiger partial charge in [-0.1, -0.05) is 24.3 Å². The van der Waals surface area contributed by atoms with Crippen molar-refractivity contribution in [1.29, 1.82) is 0 Å². The third-order valence-corrected chi connectivity index (χ3v) is 3.84. The Morgan fingerprint density at radius 3 is 2.74 bits per heavy atom. The number of carbonyl (C=O) groups is 1. The maximum absolute atomic E-state index is 11.9. The predicted molar refractivity (Wildman–Crippen MR) is 79.4 cm³/mol. The highest BCUT2D eigenvalue weighted by Crippen LogP contribution is 2.26. The number of carbonyl (C=O) groups excluding carboxylic acids is 1. The van der Waals surface area contributed by atoms with Crippen molar-refractivity contribution < 1.29 is 4.79 Å². The standard InChI is InChI=1S/C16H11NOS/c18-15(14-6-3-4-10-17-14)9-8-13-11-12-5-1-2-7-16(12)19-13/h1-11H/b9-8+. The van der Waals surface area contributed by atoms with Gasteiger partial charge < -0.3 is 0 Å². The number of aromatic nitrogens is 1. The van der Waals surface area contributed by atoms with E-state index in [1.54, 1.807) is 35.7 Å². The lowest BCUT2D eigenvalue weighted by atomic mass is 10.2. The summed E-state index contributed by atoms with van der Waals surface area (Å²) in [6, 6.07) is 15.6. The summed E-state index contributed by atoms with van der Waals surface area (Å²) in [5, 5.41) is 1.21. The molecule has 0 spiro atoms. The van der Waals surface area contributed by atoms with Gasteiger partial charge in [0.2, 0.25) is 5.78 Å². The van der Waals surface area contributed by atoms with Crippen LogP contribution in [-0.2, 0) is 0 Å². The lowest BCUT2D eigenvalue weighted by Gasteiger charge is -1.91. The van der Waals surface area contributed by atoms with E-state index < -0.39 is 0 Å². The molecule has 2 aromatic heterocycles. The summed E-state index contributed by atoms with van der Waals surface area (Å²) in [5.74, 6) is -0.0712. The first-order chi connectivity index (χ1) is 9.33. The number of rotatable bonds is 3. The van der Waals surface area contributed by atoms with Gasteiger partial charge in [0.15, 0.2) is 0 Å². The Morgan fingerprint density at radius 2 is 1.95 bits per heavy atom. The van der Waals surface area contributed by atoms with Gasteiger partial charge in [-0.3, -0.25) is 9.78 Å². The second-order valence-corrected chi connectivity index (χ2v) is 5.21. The summed E-state index contributed by atoms with van der Waals surface area (Å²) < 4.78 is 1.23. The molecule has 0 N–H and O–H groups in total. The number of hydrogen-bond acceptors (Lipinski definition) is 3. The molecule has 0 radical (unpaired) electrons. The molecule has 1 aromatic carbocycles. The Hall–Kier alpha value is -2.26. The van der Waals surface area contributed by atoms with Crippen LogP contribution >= 0.6 is 11.3 Å². The Kier molecular flexibility index (Phi) is 3.21. The van der Waals surface area contributed by atoms with E-state index in [2.05, 4.69) is 23.2 Å². The largest absolute Gasteiger partial charge is 0.288 e. The van der Waals surface area contributed by atoms with E-state index in [-0.39, 0.29) is 5.78 Å². The monoisotopic (exact) mass is 265 g/mol. The van der Waals surface area contributed by atoms with E-state index in [0.717, 1.165) is 4.88 Å². The van der Waals surface area contributed by atoms with E-state index in [0.29, 0.717) is 5.69 Å². The van der Waals surface area contributed by atoms with Crippen LogP contribution in [0.2, 0.25) is 0 Å². The van der Waals surface area contributed by atoms with Crippen LogP contribution in [0.25, 0.3) is 16.2 Å². The topological polar surface area (TPSA) is 30.0 Å². The molecule has 0 atom stereocenters. The van der Waals surface area contributed by atoms with E-state index in [4.69, 9.17) is 0 Å². The second kappa shape index (κ2) is 5.16. The highest BCUT2D eigenvalue weighted by Gasteiger charge is 2.02. The molecule has 0 unspecified atom stereocenters. The van der Waals surface area contributed by atoms with Crippen LogP contribution in [0.5, 0.6) is 0 Å². The number of nitrogens with zero attached hydrogens (tertiary/aromatic N) is 1. The molecule has 19 heavy (non-hydrogen) atoms. The zero-order valence-electron chi connectivity index (χ0n) is 10.1. The summed E-state index contributed by atoms with van der Waals surface area (Å²) in [7, 11) is 0. The lowest BCUT2D eigenvalue weighted by molar-refractivity contribution is 0.104. The molecule has 0 amide bonds. The smallest absolute Gasteiger partial charge is 0.204 e. The molecule has 0 aliphatic carbocycles. The Labute approximate surface area is 115 Å². The first-order valence-corrected chi connectivity index (χ1v) is 6.76. The summed E-state index contributed by atoms with van der Waals surface area (Å²) >= 11 is 1.68. The van der Waals surface area contributed by atoms with E-state index in [9.17, 15) is 4.79 Å². The molecule has 92 valence electrons. The predicted octanol–water partition coefficient (Wildman–Crippen LogP) is 4.19. The van der Waals surface area contributed by atoms with E-state index in [1.807, 2.05) is 24.3 Å². The molecule has 3 aromatic rings. The minimum atomic E-state index is -0.0712. The molecule has 0 aliphatic heterocycles. The number of fused-ring (bicyclic) bond motifs is 1. The van der Waals surface area contributed by atoms with E-state index in [1.165, 1.54) is 10.1 Å². The minimum absolute atomic E-state index is 0.0712. The number of pyridine rings is 1. The maximum Gasteiger partial charge on any atom is 0.204 e. The Bertz CT molecular complexity index is 711. The van der Waals surface area contributed by atoms with Crippen LogP contribution in [0.3, 0.4) is 0 Å². The average molecular weight is 265 g/mol. The Balaban J connectivity index is 1.84. The van der Waals surface area contributed by atoms with Crippen molar-refractivity contribution in [2.75, 3.05) is 0 Å². The van der Waals surface area contributed by atoms with Crippen LogP contribution in [0.15, 0.2) is 60.8 Å². The number of thiophene rings is 1. The van der Waals surface area contributed by atoms with Gasteiger partial charge in [0, 0.05) is 15.8 Å². The zero-order chi connectivity index (χ0) is 13.1. The van der Waals surface area contributed by atoms with Crippen LogP contribution in [-0.4, -0.2) is 10.8 Å². The molecule has 3 rings (SSSR count). The molecule has 2 nitrogen and oxygen atoms in total. The maximum atomic E-state index is 11.9. The first kappa shape index (κ1) is 11.8. The summed E-state index contributed by atoms with van der Waals surface area (Å²) in [6.45, 7) is 0. The SMILES string of the molecule is O=C(/C=C/c1cc2ccccc2s1)c1ccccn1. The number of hydrogen-bond donors (Lipinski definition) is 0. The van der Waals surface area contributed by atoms with Crippen LogP contribution in [0.4, 0.5) is 0 Å². The van der Waals surface area contributed by atoms with Crippen molar-refractivity contribution in [1.82, 2.24) is 4.98 Å². The summed E-state index contributed by atoms with van der Waals surface area (Å²) in [4.78, 5) is 17.0. The minimum Gasteiger partial charge on any atom is -0.288 e. The summed E-state index contributed by atoms with van der Waals surface area (Å²) in [5.41, 5.74) is 0.472. The second-order valence-electron chi connectivity index (χ2n) is 4.10. The molecule has 0 bridgehead atoms. The van der Waals surface area contributed by atoms with Crippen molar-refractivity contribution >= 4 is 33.3 Å². The van der Waals surface area contributed by atoms with Crippen LogP contribution < -0.4 is 0 Å². The number of benzene rings is 1. The van der Waals surface area contributed by atoms with Gasteiger partial charge >= 0.3 is 0 Å². The van der Waals surface area contributed by atoms with Gasteiger partial charge in [0.1, 0.15) is 5.69 Å². The van der Waals surface area contributed by atoms with Crippen molar-refractivity contribution in [3.05, 3.63) is 71.4 Å². The van der Waals surface area contributed by atoms with Gasteiger partial charge in [-0.2, -0.15) is 0 Å². The van der Waals surface area contributed by atoms with Gasteiger partial charge in [0.05, 0.1) is 0 Å². The molecule has 2 heterocycles. The van der Waals surface area contributed by atoms with Crippen LogP contribution in [0, 0.1) is 0 Å². The number of allylic oxidation sites excluding steroid dienone is 1. The average Bonchev–Trinajstić information content (AvgIpc) is 2.88. The van der Waals surface area contributed by atoms with Gasteiger partial charge in [-0.05, 0) is 41.8 Å². The first-order valence-electron chi connectivity index (χ1n) is 5.95. The quantitative estimate of drug-likeness (QED) is 0.525. The molecular formula is C16H11NOS. The number of ketones is 1. The normalized spacial score (nSPS) is 11.2. The Morgan fingerprint density at radius 1 is 1.11 bits per heavy atom. The van der Waals surface area contributed by atoms with Gasteiger partial charge in [0.25, 0.3) is 0 Å². The third kappa shape index (κ3) is 2.61. The highest BCUT2D eigenvalue weighted by molar-refractivity contribution is 7.19. The van der Waals surface area contributed by atoms with Crippen molar-refractivity contribution in [3.63, 3.8) is 0 Å². The van der Waals surface area contributed by atoms with Crippen molar-refractivity contribution in [2.24, 2.45) is 0 Å². The fourth-order valence-corrected chi connectivity index (χ4v) is 2.80. The van der Waals surface area contributed by atoms with Crippen molar-refractivity contribution in [3.8, 4) is 0 Å². The molecule has 0 fully saturated rings. The summed E-state index contributed by atoms with van der Waals surface area (Å²) in [6.07, 6.45) is 5.05. The van der Waals surface area contributed by atoms with Crippen molar-refractivity contribution in [2.45, 2.75) is 0 Å². The fraction of sp³-hybridized carbons (Fsp3) is 0. The lowest BCUT2D eigenvalue weighted by Crippen LogP contribution is -1.96. The third-order valence-electron chi connectivity index (χ3n) is 2.76. The van der Waals surface area contributed by atoms with Gasteiger partial charge in [-0.25, -0.2) is 0 Å². The van der Waals surface area contributed by atoms with E-state index >= 15 is 0 Å². The van der Waals surface area contributed by atoms with Crippen LogP contribution in [0.1, 0.15) is 15.4 Å².